The fourth-order valence-corrected chi connectivity index (χ4v) is 7.75. The van der Waals surface area contributed by atoms with Crippen LogP contribution in [0.5, 0.6) is 11.6 Å². The maximum atomic E-state index is 13.9. The minimum Gasteiger partial charge on any atom is -0.494 e. The monoisotopic (exact) mass is 628 g/mol. The molecule has 1 saturated heterocycles. The molecule has 11 nitrogen and oxygen atoms in total. The number of rotatable bonds is 8. The van der Waals surface area contributed by atoms with Crippen molar-refractivity contribution in [2.75, 3.05) is 13.7 Å². The molecule has 1 amide bonds. The van der Waals surface area contributed by atoms with E-state index in [-0.39, 0.29) is 23.9 Å². The molecule has 6 aromatic rings. The summed E-state index contributed by atoms with van der Waals surface area (Å²) in [5, 5.41) is 15.7. The lowest BCUT2D eigenvalue weighted by Crippen LogP contribution is -2.41. The molecule has 11 heteroatoms. The molecule has 2 aromatic carbocycles. The second kappa shape index (κ2) is 10.7. The SMILES string of the molecule is COc1cc(C(=O)N2CC3CCC2[C@@H]3N)cc2nc(-c3cc4ccccc4n3CC3CC3)n(Cc3cnn(-c4cccc(O)n4)c3)c12. The number of carbonyl (C=O) groups is 1. The summed E-state index contributed by atoms with van der Waals surface area (Å²) in [5.74, 6) is 2.83. The van der Waals surface area contributed by atoms with E-state index in [9.17, 15) is 9.90 Å². The van der Waals surface area contributed by atoms with Crippen LogP contribution in [0.2, 0.25) is 0 Å². The first-order chi connectivity index (χ1) is 22.9. The number of carbonyl (C=O) groups excluding carboxylic acids is 1. The Labute approximate surface area is 271 Å². The van der Waals surface area contributed by atoms with E-state index in [1.807, 2.05) is 23.2 Å². The number of aromatic hydroxyl groups is 1. The van der Waals surface area contributed by atoms with Crippen molar-refractivity contribution < 1.29 is 14.6 Å². The average molecular weight is 629 g/mol. The Morgan fingerprint density at radius 3 is 2.66 bits per heavy atom. The summed E-state index contributed by atoms with van der Waals surface area (Å²) in [5.41, 5.74) is 11.7. The van der Waals surface area contributed by atoms with E-state index in [0.29, 0.717) is 47.6 Å². The van der Waals surface area contributed by atoms with Gasteiger partial charge < -0.3 is 29.6 Å². The molecule has 9 rings (SSSR count). The molecule has 3 aliphatic rings. The summed E-state index contributed by atoms with van der Waals surface area (Å²) in [6.45, 7) is 2.07. The van der Waals surface area contributed by atoms with Gasteiger partial charge in [-0.3, -0.25) is 4.79 Å². The predicted molar refractivity (Wildman–Crippen MR) is 178 cm³/mol. The number of likely N-dealkylation sites (tertiary alicyclic amines) is 1. The van der Waals surface area contributed by atoms with Crippen molar-refractivity contribution in [3.05, 3.63) is 84.2 Å². The summed E-state index contributed by atoms with van der Waals surface area (Å²) in [4.78, 5) is 25.4. The Bertz CT molecular complexity index is 2180. The number of ether oxygens (including phenoxy) is 1. The third kappa shape index (κ3) is 4.67. The smallest absolute Gasteiger partial charge is 0.254 e. The van der Waals surface area contributed by atoms with Crippen LogP contribution in [0.4, 0.5) is 0 Å². The highest BCUT2D eigenvalue weighted by Gasteiger charge is 2.47. The minimum atomic E-state index is -0.0650. The van der Waals surface area contributed by atoms with Crippen LogP contribution < -0.4 is 10.5 Å². The number of benzene rings is 2. The van der Waals surface area contributed by atoms with Gasteiger partial charge in [0.2, 0.25) is 5.88 Å². The summed E-state index contributed by atoms with van der Waals surface area (Å²) in [7, 11) is 1.64. The standard InChI is InChI=1S/C36H36N8O3/c1-47-30-15-25(36(46)42-20-24-11-12-28(42)33(24)37)13-26-34(30)43(18-22-16-38-44(19-22)31-7-4-8-32(45)40-31)35(39-26)29-14-23-5-2-3-6-27(23)41(29)17-21-9-10-21/h2-8,13-16,19,21,24,28,33H,9-12,17-18,20,37H2,1H3,(H,40,45)/t24?,28?,33-/m1/s1. The molecule has 238 valence electrons. The van der Waals surface area contributed by atoms with Gasteiger partial charge in [0, 0.05) is 59.5 Å². The van der Waals surface area contributed by atoms with Gasteiger partial charge in [-0.2, -0.15) is 10.1 Å². The molecule has 4 aromatic heterocycles. The molecule has 0 spiro atoms. The van der Waals surface area contributed by atoms with Crippen molar-refractivity contribution in [2.24, 2.45) is 17.6 Å². The van der Waals surface area contributed by atoms with Crippen molar-refractivity contribution in [1.82, 2.24) is 33.8 Å². The van der Waals surface area contributed by atoms with Crippen molar-refractivity contribution in [2.45, 2.75) is 50.9 Å². The topological polar surface area (TPSA) is 129 Å². The van der Waals surface area contributed by atoms with Crippen LogP contribution in [0, 0.1) is 11.8 Å². The number of hydrogen-bond acceptors (Lipinski definition) is 7. The van der Waals surface area contributed by atoms with Gasteiger partial charge in [0.15, 0.2) is 11.6 Å². The van der Waals surface area contributed by atoms with Crippen LogP contribution in [0.3, 0.4) is 0 Å². The molecule has 2 aliphatic carbocycles. The van der Waals surface area contributed by atoms with Gasteiger partial charge >= 0.3 is 0 Å². The normalized spacial score (nSPS) is 20.6. The number of methoxy groups -OCH3 is 1. The summed E-state index contributed by atoms with van der Waals surface area (Å²) in [6, 6.07) is 19.6. The molecular weight excluding hydrogens is 592 g/mol. The highest BCUT2D eigenvalue weighted by atomic mass is 16.5. The lowest BCUT2D eigenvalue weighted by atomic mass is 10.1. The first-order valence-electron chi connectivity index (χ1n) is 16.4. The van der Waals surface area contributed by atoms with Gasteiger partial charge in [0.1, 0.15) is 11.3 Å². The van der Waals surface area contributed by atoms with Crippen LogP contribution in [0.1, 0.15) is 41.6 Å². The Hall–Kier alpha value is -5.16. The van der Waals surface area contributed by atoms with Crippen molar-refractivity contribution in [3.8, 4) is 29.0 Å². The number of imidazole rings is 1. The Morgan fingerprint density at radius 2 is 1.89 bits per heavy atom. The molecule has 47 heavy (non-hydrogen) atoms. The number of piperidine rings is 1. The molecule has 3 N–H and O–H groups in total. The van der Waals surface area contributed by atoms with E-state index in [1.54, 1.807) is 30.1 Å². The van der Waals surface area contributed by atoms with E-state index >= 15 is 0 Å². The number of pyridine rings is 1. The zero-order valence-corrected chi connectivity index (χ0v) is 26.2. The van der Waals surface area contributed by atoms with Gasteiger partial charge in [0.25, 0.3) is 5.91 Å². The largest absolute Gasteiger partial charge is 0.494 e. The number of amides is 1. The maximum absolute atomic E-state index is 13.9. The van der Waals surface area contributed by atoms with Crippen molar-refractivity contribution in [1.29, 1.82) is 0 Å². The molecule has 0 radical (unpaired) electrons. The van der Waals surface area contributed by atoms with Crippen LogP contribution in [-0.4, -0.2) is 70.5 Å². The lowest BCUT2D eigenvalue weighted by Gasteiger charge is -2.27. The minimum absolute atomic E-state index is 0.0216. The van der Waals surface area contributed by atoms with Gasteiger partial charge in [-0.15, -0.1) is 0 Å². The van der Waals surface area contributed by atoms with E-state index in [1.165, 1.54) is 24.4 Å². The molecule has 2 unspecified atom stereocenters. The number of hydrogen-bond donors (Lipinski definition) is 2. The zero-order valence-electron chi connectivity index (χ0n) is 26.2. The fourth-order valence-electron chi connectivity index (χ4n) is 7.75. The van der Waals surface area contributed by atoms with Gasteiger partial charge in [-0.1, -0.05) is 24.3 Å². The number of nitrogens with zero attached hydrogens (tertiary/aromatic N) is 7. The van der Waals surface area contributed by atoms with Crippen molar-refractivity contribution in [3.63, 3.8) is 0 Å². The first-order valence-corrected chi connectivity index (χ1v) is 16.4. The molecule has 3 atom stereocenters. The van der Waals surface area contributed by atoms with Crippen LogP contribution in [-0.2, 0) is 13.1 Å². The molecular formula is C36H36N8O3. The molecule has 2 saturated carbocycles. The molecule has 3 fully saturated rings. The highest BCUT2D eigenvalue weighted by molar-refractivity contribution is 6.00. The number of nitrogens with two attached hydrogens (primary N) is 1. The quantitative estimate of drug-likeness (QED) is 0.243. The summed E-state index contributed by atoms with van der Waals surface area (Å²) >= 11 is 0. The van der Waals surface area contributed by atoms with E-state index < -0.39 is 0 Å². The second-order valence-corrected chi connectivity index (χ2v) is 13.3. The number of fused-ring (bicyclic) bond motifs is 4. The Morgan fingerprint density at radius 1 is 1.02 bits per heavy atom. The Balaban J connectivity index is 1.20. The average Bonchev–Trinajstić information content (AvgIpc) is 3.39. The number of para-hydroxylation sites is 1. The highest BCUT2D eigenvalue weighted by Crippen LogP contribution is 2.41. The third-order valence-corrected chi connectivity index (χ3v) is 10.3. The van der Waals surface area contributed by atoms with Crippen LogP contribution >= 0.6 is 0 Å². The molecule has 2 bridgehead atoms. The zero-order chi connectivity index (χ0) is 31.8. The lowest BCUT2D eigenvalue weighted by molar-refractivity contribution is 0.0700. The third-order valence-electron chi connectivity index (χ3n) is 10.3. The fraction of sp³-hybridized carbons (Fsp3) is 0.333. The van der Waals surface area contributed by atoms with E-state index in [4.69, 9.17) is 15.5 Å². The summed E-state index contributed by atoms with van der Waals surface area (Å²) in [6.07, 6.45) is 8.20. The Kier molecular flexibility index (Phi) is 6.39. The van der Waals surface area contributed by atoms with Gasteiger partial charge in [0.05, 0.1) is 31.1 Å². The van der Waals surface area contributed by atoms with E-state index in [2.05, 4.69) is 49.5 Å². The van der Waals surface area contributed by atoms with Crippen LogP contribution in [0.25, 0.3) is 39.3 Å². The summed E-state index contributed by atoms with van der Waals surface area (Å²) < 4.78 is 12.2. The predicted octanol–water partition coefficient (Wildman–Crippen LogP) is 4.97. The second-order valence-electron chi connectivity index (χ2n) is 13.3. The first kappa shape index (κ1) is 28.1. The van der Waals surface area contributed by atoms with Gasteiger partial charge in [-0.05, 0) is 67.9 Å². The van der Waals surface area contributed by atoms with Crippen LogP contribution in [0.15, 0.2) is 73.1 Å². The maximum Gasteiger partial charge on any atom is 0.254 e. The van der Waals surface area contributed by atoms with Crippen molar-refractivity contribution >= 4 is 27.8 Å². The van der Waals surface area contributed by atoms with Gasteiger partial charge in [-0.25, -0.2) is 9.67 Å². The molecule has 1 aliphatic heterocycles. The molecule has 5 heterocycles. The van der Waals surface area contributed by atoms with E-state index in [0.717, 1.165) is 47.4 Å². The number of aromatic nitrogens is 6.